The average Bonchev–Trinajstić information content (AvgIpc) is 2.89. The van der Waals surface area contributed by atoms with Gasteiger partial charge in [-0.2, -0.15) is 4.31 Å². The van der Waals surface area contributed by atoms with Crippen molar-refractivity contribution in [2.75, 3.05) is 30.2 Å². The van der Waals surface area contributed by atoms with Crippen LogP contribution in [0, 0.1) is 5.92 Å². The van der Waals surface area contributed by atoms with Crippen LogP contribution in [-0.4, -0.2) is 52.2 Å². The molecular weight excluding hydrogens is 504 g/mol. The average molecular weight is 531 g/mol. The maximum absolute atomic E-state index is 13.1. The molecule has 12 heteroatoms. The fourth-order valence-electron chi connectivity index (χ4n) is 3.85. The molecule has 2 aromatic carbocycles. The number of pyridine rings is 1. The molecule has 0 unspecified atom stereocenters. The number of hydrogen-bond donors (Lipinski definition) is 2. The van der Waals surface area contributed by atoms with Gasteiger partial charge in [0.05, 0.1) is 22.8 Å². The summed E-state index contributed by atoms with van der Waals surface area (Å²) in [5.41, 5.74) is 0.409. The van der Waals surface area contributed by atoms with Crippen molar-refractivity contribution in [3.63, 3.8) is 0 Å². The van der Waals surface area contributed by atoms with E-state index in [1.165, 1.54) is 60.1 Å². The predicted molar refractivity (Wildman–Crippen MR) is 135 cm³/mol. The highest BCUT2D eigenvalue weighted by atomic mass is 32.2. The normalized spacial score (nSPS) is 16.8. The van der Waals surface area contributed by atoms with Gasteiger partial charge in [0.1, 0.15) is 11.6 Å². The minimum absolute atomic E-state index is 0.0144. The van der Waals surface area contributed by atoms with E-state index < -0.39 is 26.0 Å². The number of carbonyl (C=O) groups is 1. The van der Waals surface area contributed by atoms with E-state index in [0.717, 1.165) is 0 Å². The molecule has 2 heterocycles. The van der Waals surface area contributed by atoms with E-state index in [9.17, 15) is 21.6 Å². The van der Waals surface area contributed by atoms with Crippen LogP contribution in [0.3, 0.4) is 0 Å². The summed E-state index contributed by atoms with van der Waals surface area (Å²) in [7, 11) is -6.09. The van der Waals surface area contributed by atoms with Crippen molar-refractivity contribution in [2.45, 2.75) is 22.6 Å². The lowest BCUT2D eigenvalue weighted by Gasteiger charge is -2.31. The van der Waals surface area contributed by atoms with Crippen molar-refractivity contribution in [1.82, 2.24) is 9.29 Å². The minimum Gasteiger partial charge on any atom is -0.497 e. The number of ether oxygens (including phenoxy) is 1. The van der Waals surface area contributed by atoms with Gasteiger partial charge in [0, 0.05) is 25.0 Å². The van der Waals surface area contributed by atoms with Crippen molar-refractivity contribution in [3.8, 4) is 5.75 Å². The Balaban J connectivity index is 1.40. The van der Waals surface area contributed by atoms with Crippen LogP contribution in [-0.2, 0) is 24.8 Å². The first-order valence-electron chi connectivity index (χ1n) is 11.2. The summed E-state index contributed by atoms with van der Waals surface area (Å²) >= 11 is 0. The highest BCUT2D eigenvalue weighted by Crippen LogP contribution is 2.26. The van der Waals surface area contributed by atoms with Gasteiger partial charge in [0.2, 0.25) is 15.9 Å². The Morgan fingerprint density at radius 2 is 1.67 bits per heavy atom. The Morgan fingerprint density at radius 1 is 0.972 bits per heavy atom. The number of aromatic nitrogens is 1. The van der Waals surface area contributed by atoms with E-state index in [1.54, 1.807) is 24.3 Å². The maximum atomic E-state index is 13.1. The smallest absolute Gasteiger partial charge is 0.263 e. The van der Waals surface area contributed by atoms with Gasteiger partial charge >= 0.3 is 0 Å². The van der Waals surface area contributed by atoms with Crippen LogP contribution in [0.15, 0.2) is 82.7 Å². The van der Waals surface area contributed by atoms with Crippen LogP contribution in [0.4, 0.5) is 11.5 Å². The molecule has 3 aromatic rings. The van der Waals surface area contributed by atoms with Crippen molar-refractivity contribution in [2.24, 2.45) is 5.92 Å². The van der Waals surface area contributed by atoms with Gasteiger partial charge in [0.25, 0.3) is 10.0 Å². The summed E-state index contributed by atoms with van der Waals surface area (Å²) in [5.74, 6) is -0.120. The molecule has 0 aliphatic carbocycles. The van der Waals surface area contributed by atoms with Crippen LogP contribution in [0.2, 0.25) is 0 Å². The summed E-state index contributed by atoms with van der Waals surface area (Å²) in [6.07, 6.45) is 2.57. The molecule has 1 aromatic heterocycles. The molecule has 1 fully saturated rings. The van der Waals surface area contributed by atoms with E-state index in [-0.39, 0.29) is 28.1 Å². The first-order valence-corrected chi connectivity index (χ1v) is 14.1. The summed E-state index contributed by atoms with van der Waals surface area (Å²) < 4.78 is 60.0. The van der Waals surface area contributed by atoms with Gasteiger partial charge in [-0.1, -0.05) is 6.07 Å². The van der Waals surface area contributed by atoms with Crippen molar-refractivity contribution in [1.29, 1.82) is 0 Å². The van der Waals surface area contributed by atoms with Crippen molar-refractivity contribution >= 4 is 37.5 Å². The first-order chi connectivity index (χ1) is 17.2. The Labute approximate surface area is 210 Å². The molecule has 4 rings (SSSR count). The van der Waals surface area contributed by atoms with Crippen LogP contribution in [0.25, 0.3) is 0 Å². The zero-order valence-electron chi connectivity index (χ0n) is 19.5. The second kappa shape index (κ2) is 10.6. The molecule has 36 heavy (non-hydrogen) atoms. The summed E-state index contributed by atoms with van der Waals surface area (Å²) in [6.45, 7) is 0.384. The fourth-order valence-corrected chi connectivity index (χ4v) is 6.39. The van der Waals surface area contributed by atoms with Crippen molar-refractivity contribution < 1.29 is 26.4 Å². The Hall–Kier alpha value is -3.48. The first kappa shape index (κ1) is 25.6. The largest absolute Gasteiger partial charge is 0.497 e. The van der Waals surface area contributed by atoms with E-state index in [0.29, 0.717) is 30.8 Å². The molecule has 0 bridgehead atoms. The Morgan fingerprint density at radius 3 is 2.31 bits per heavy atom. The molecule has 10 nitrogen and oxygen atoms in total. The number of anilines is 2. The van der Waals surface area contributed by atoms with Gasteiger partial charge in [-0.25, -0.2) is 21.8 Å². The highest BCUT2D eigenvalue weighted by molar-refractivity contribution is 7.92. The zero-order chi connectivity index (χ0) is 25.8. The van der Waals surface area contributed by atoms with Gasteiger partial charge < -0.3 is 10.1 Å². The number of hydrogen-bond acceptors (Lipinski definition) is 7. The van der Waals surface area contributed by atoms with Gasteiger partial charge in [-0.15, -0.1) is 0 Å². The van der Waals surface area contributed by atoms with Crippen LogP contribution in [0.5, 0.6) is 5.75 Å². The van der Waals surface area contributed by atoms with Crippen LogP contribution in [0.1, 0.15) is 12.8 Å². The van der Waals surface area contributed by atoms with E-state index >= 15 is 0 Å². The fraction of sp³-hybridized carbons (Fsp3) is 0.250. The quantitative estimate of drug-likeness (QED) is 0.457. The number of sulfonamides is 2. The van der Waals surface area contributed by atoms with Crippen LogP contribution < -0.4 is 14.8 Å². The van der Waals surface area contributed by atoms with Crippen LogP contribution >= 0.6 is 0 Å². The van der Waals surface area contributed by atoms with Gasteiger partial charge in [0.15, 0.2) is 0 Å². The van der Waals surface area contributed by atoms with Gasteiger partial charge in [-0.3, -0.25) is 9.52 Å². The minimum atomic E-state index is -3.84. The molecule has 1 saturated heterocycles. The third-order valence-electron chi connectivity index (χ3n) is 5.79. The number of rotatable bonds is 8. The molecule has 1 aliphatic heterocycles. The lowest BCUT2D eigenvalue weighted by Crippen LogP contribution is -2.43. The van der Waals surface area contributed by atoms with E-state index in [2.05, 4.69) is 15.0 Å². The lowest BCUT2D eigenvalue weighted by atomic mass is 9.99. The Bertz CT molecular complexity index is 1410. The molecule has 0 spiro atoms. The molecule has 0 radical (unpaired) electrons. The van der Waals surface area contributed by atoms with Gasteiger partial charge in [-0.05, 0) is 73.5 Å². The molecular formula is C24H26N4O6S2. The number of nitrogens with zero attached hydrogens (tertiary/aromatic N) is 2. The second-order valence-corrected chi connectivity index (χ2v) is 11.8. The molecule has 2 N–H and O–H groups in total. The van der Waals surface area contributed by atoms with E-state index in [4.69, 9.17) is 4.74 Å². The highest BCUT2D eigenvalue weighted by Gasteiger charge is 2.33. The summed E-state index contributed by atoms with van der Waals surface area (Å²) in [5, 5.41) is 2.76. The lowest BCUT2D eigenvalue weighted by molar-refractivity contribution is -0.120. The standard InChI is InChI=1S/C24H26N4O6S2/c1-34-20-9-13-22(14-10-20)36(32,33)28-16-4-5-18(17-28)24(29)26-19-7-11-21(12-8-19)35(30,31)27-23-6-2-3-15-25-23/h2-3,6-15,18H,4-5,16-17H2,1H3,(H,25,27)(H,26,29)/t18-/m1/s1. The number of piperidine rings is 1. The number of carbonyl (C=O) groups excluding carboxylic acids is 1. The zero-order valence-corrected chi connectivity index (χ0v) is 21.1. The third-order valence-corrected chi connectivity index (χ3v) is 9.04. The van der Waals surface area contributed by atoms with E-state index in [1.807, 2.05) is 0 Å². The number of amides is 1. The maximum Gasteiger partial charge on any atom is 0.263 e. The molecule has 1 amide bonds. The molecule has 1 atom stereocenters. The summed E-state index contributed by atoms with van der Waals surface area (Å²) in [6, 6.07) is 16.7. The molecule has 190 valence electrons. The topological polar surface area (TPSA) is 135 Å². The van der Waals surface area contributed by atoms with Crippen molar-refractivity contribution in [3.05, 3.63) is 72.9 Å². The second-order valence-electron chi connectivity index (χ2n) is 8.21. The summed E-state index contributed by atoms with van der Waals surface area (Å²) in [4.78, 5) is 17.0. The number of benzene rings is 2. The molecule has 0 saturated carbocycles. The Kier molecular flexibility index (Phi) is 7.57. The molecule has 1 aliphatic rings. The SMILES string of the molecule is COc1ccc(S(=O)(=O)N2CCC[C@@H](C(=O)Nc3ccc(S(=O)(=O)Nc4ccccn4)cc3)C2)cc1. The number of nitrogens with one attached hydrogen (secondary N) is 2. The monoisotopic (exact) mass is 530 g/mol. The predicted octanol–water partition coefficient (Wildman–Crippen LogP) is 2.93. The third kappa shape index (κ3) is 5.83. The number of methoxy groups -OCH3 is 1.